The minimum atomic E-state index is -3.01. The van der Waals surface area contributed by atoms with Crippen LogP contribution in [0.3, 0.4) is 0 Å². The van der Waals surface area contributed by atoms with Crippen LogP contribution in [0.1, 0.15) is 28.2 Å². The molecule has 0 saturated heterocycles. The zero-order valence-corrected chi connectivity index (χ0v) is 7.79. The molecule has 4 nitrogen and oxygen atoms in total. The molecular formula is C8H3ClF2N2O2. The zero-order valence-electron chi connectivity index (χ0n) is 7.04. The first-order valence-electron chi connectivity index (χ1n) is 3.59. The average molecular weight is 233 g/mol. The molecule has 78 valence electrons. The van der Waals surface area contributed by atoms with Crippen molar-refractivity contribution in [1.29, 1.82) is 5.26 Å². The fourth-order valence-corrected chi connectivity index (χ4v) is 1.08. The zero-order chi connectivity index (χ0) is 11.6. The molecule has 0 saturated carbocycles. The van der Waals surface area contributed by atoms with E-state index in [0.29, 0.717) is 6.07 Å². The number of hydrogen-bond donors (Lipinski definition) is 1. The van der Waals surface area contributed by atoms with Gasteiger partial charge in [0.05, 0.1) is 5.56 Å². The van der Waals surface area contributed by atoms with Gasteiger partial charge in [-0.2, -0.15) is 5.26 Å². The van der Waals surface area contributed by atoms with E-state index in [1.54, 1.807) is 0 Å². The summed E-state index contributed by atoms with van der Waals surface area (Å²) in [7, 11) is 0. The van der Waals surface area contributed by atoms with E-state index in [4.69, 9.17) is 22.0 Å². The van der Waals surface area contributed by atoms with E-state index in [1.807, 2.05) is 0 Å². The highest BCUT2D eigenvalue weighted by Gasteiger charge is 2.21. The second-order valence-corrected chi connectivity index (χ2v) is 2.82. The number of halogens is 3. The molecule has 0 amide bonds. The maximum Gasteiger partial charge on any atom is 0.271 e. The van der Waals surface area contributed by atoms with Crippen molar-refractivity contribution in [2.24, 2.45) is 0 Å². The molecule has 0 aliphatic rings. The number of hydrogen-bond acceptors (Lipinski definition) is 4. The maximum atomic E-state index is 12.4. The minimum Gasteiger partial charge on any atom is -0.505 e. The van der Waals surface area contributed by atoms with E-state index >= 15 is 0 Å². The predicted octanol–water partition coefficient (Wildman–Crippen LogP) is 1.98. The average Bonchev–Trinajstić information content (AvgIpc) is 2.16. The summed E-state index contributed by atoms with van der Waals surface area (Å²) in [4.78, 5) is 14.0. The normalized spacial score (nSPS) is 10.1. The summed E-state index contributed by atoms with van der Waals surface area (Å²) >= 11 is 5.01. The van der Waals surface area contributed by atoms with Crippen molar-refractivity contribution in [2.45, 2.75) is 6.43 Å². The summed E-state index contributed by atoms with van der Waals surface area (Å²) in [6.07, 6.45) is -3.01. The Morgan fingerprint density at radius 2 is 2.27 bits per heavy atom. The molecule has 1 aromatic heterocycles. The first-order chi connectivity index (χ1) is 6.97. The lowest BCUT2D eigenvalue weighted by Gasteiger charge is -2.05. The van der Waals surface area contributed by atoms with Crippen molar-refractivity contribution in [3.8, 4) is 11.8 Å². The molecule has 0 aliphatic carbocycles. The van der Waals surface area contributed by atoms with Crippen molar-refractivity contribution >= 4 is 16.8 Å². The molecule has 0 unspecified atom stereocenters. The number of rotatable bonds is 2. The Labute approximate surface area is 87.7 Å². The van der Waals surface area contributed by atoms with Gasteiger partial charge >= 0.3 is 0 Å². The van der Waals surface area contributed by atoms with E-state index in [9.17, 15) is 13.6 Å². The largest absolute Gasteiger partial charge is 0.505 e. The van der Waals surface area contributed by atoms with E-state index in [1.165, 1.54) is 6.07 Å². The van der Waals surface area contributed by atoms with Gasteiger partial charge in [0.15, 0.2) is 11.4 Å². The number of pyridine rings is 1. The van der Waals surface area contributed by atoms with Gasteiger partial charge in [0.2, 0.25) is 0 Å². The van der Waals surface area contributed by atoms with Crippen LogP contribution in [0.25, 0.3) is 0 Å². The number of aromatic nitrogens is 1. The van der Waals surface area contributed by atoms with Gasteiger partial charge < -0.3 is 5.11 Å². The van der Waals surface area contributed by atoms with Gasteiger partial charge in [0, 0.05) is 0 Å². The minimum absolute atomic E-state index is 0.525. The maximum absolute atomic E-state index is 12.4. The Morgan fingerprint density at radius 1 is 1.67 bits per heavy atom. The van der Waals surface area contributed by atoms with Crippen LogP contribution < -0.4 is 0 Å². The van der Waals surface area contributed by atoms with E-state index in [0.717, 1.165) is 0 Å². The van der Waals surface area contributed by atoms with Gasteiger partial charge in [-0.15, -0.1) is 0 Å². The van der Waals surface area contributed by atoms with Crippen molar-refractivity contribution in [2.75, 3.05) is 0 Å². The topological polar surface area (TPSA) is 74.0 Å². The van der Waals surface area contributed by atoms with Gasteiger partial charge in [-0.3, -0.25) is 4.79 Å². The summed E-state index contributed by atoms with van der Waals surface area (Å²) in [5.74, 6) is -0.713. The van der Waals surface area contributed by atoms with Gasteiger partial charge in [-0.05, 0) is 17.7 Å². The van der Waals surface area contributed by atoms with E-state index in [2.05, 4.69) is 4.98 Å². The molecule has 0 aliphatic heterocycles. The molecule has 0 bridgehead atoms. The molecule has 0 radical (unpaired) electrons. The van der Waals surface area contributed by atoms with Crippen LogP contribution in [-0.2, 0) is 0 Å². The SMILES string of the molecule is N#Cc1nc(C(=O)Cl)c(C(F)F)cc1O. The smallest absolute Gasteiger partial charge is 0.271 e. The summed E-state index contributed by atoms with van der Waals surface area (Å²) in [6.45, 7) is 0. The van der Waals surface area contributed by atoms with Crippen LogP contribution in [0.15, 0.2) is 6.07 Å². The third-order valence-electron chi connectivity index (χ3n) is 1.56. The molecule has 0 aromatic carbocycles. The molecule has 1 aromatic rings. The number of carbonyl (C=O) groups excluding carboxylic acids is 1. The standard InChI is InChI=1S/C8H3ClF2N2O2/c9-7(15)6-3(8(10)11)1-5(14)4(2-12)13-6/h1,8,14H. The van der Waals surface area contributed by atoms with Crippen molar-refractivity contribution in [1.82, 2.24) is 4.98 Å². The van der Waals surface area contributed by atoms with Crippen molar-refractivity contribution in [3.63, 3.8) is 0 Å². The summed E-state index contributed by atoms with van der Waals surface area (Å²) in [5, 5.41) is 16.3. The molecule has 7 heteroatoms. The quantitative estimate of drug-likeness (QED) is 0.791. The van der Waals surface area contributed by atoms with Crippen LogP contribution in [-0.4, -0.2) is 15.3 Å². The highest BCUT2D eigenvalue weighted by Crippen LogP contribution is 2.27. The van der Waals surface area contributed by atoms with Crippen LogP contribution in [0.2, 0.25) is 0 Å². The third kappa shape index (κ3) is 2.19. The lowest BCUT2D eigenvalue weighted by atomic mass is 10.1. The first kappa shape index (κ1) is 11.3. The van der Waals surface area contributed by atoms with Gasteiger partial charge in [-0.25, -0.2) is 13.8 Å². The van der Waals surface area contributed by atoms with Crippen LogP contribution in [0.4, 0.5) is 8.78 Å². The second kappa shape index (κ2) is 4.19. The highest BCUT2D eigenvalue weighted by atomic mass is 35.5. The Balaban J connectivity index is 3.47. The van der Waals surface area contributed by atoms with Gasteiger partial charge in [-0.1, -0.05) is 0 Å². The number of nitriles is 1. The predicted molar refractivity (Wildman–Crippen MR) is 45.8 cm³/mol. The third-order valence-corrected chi connectivity index (χ3v) is 1.74. The lowest BCUT2D eigenvalue weighted by molar-refractivity contribution is 0.106. The van der Waals surface area contributed by atoms with Crippen molar-refractivity contribution < 1.29 is 18.7 Å². The number of nitrogens with zero attached hydrogens (tertiary/aromatic N) is 2. The van der Waals surface area contributed by atoms with Crippen LogP contribution in [0, 0.1) is 11.3 Å². The lowest BCUT2D eigenvalue weighted by Crippen LogP contribution is -2.04. The molecular weight excluding hydrogens is 230 g/mol. The Bertz CT molecular complexity index is 457. The van der Waals surface area contributed by atoms with Crippen LogP contribution >= 0.6 is 11.6 Å². The van der Waals surface area contributed by atoms with Gasteiger partial charge in [0.25, 0.3) is 11.7 Å². The summed E-state index contributed by atoms with van der Waals surface area (Å²) in [5.41, 5.74) is -2.05. The fraction of sp³-hybridized carbons (Fsp3) is 0.125. The second-order valence-electron chi connectivity index (χ2n) is 2.48. The number of carbonyl (C=O) groups is 1. The summed E-state index contributed by atoms with van der Waals surface area (Å²) < 4.78 is 24.7. The molecule has 1 heterocycles. The molecule has 0 fully saturated rings. The van der Waals surface area contributed by atoms with Crippen LogP contribution in [0.5, 0.6) is 5.75 Å². The number of alkyl halides is 2. The molecule has 15 heavy (non-hydrogen) atoms. The Morgan fingerprint density at radius 3 is 2.67 bits per heavy atom. The molecule has 0 spiro atoms. The molecule has 1 N–H and O–H groups in total. The van der Waals surface area contributed by atoms with E-state index < -0.39 is 34.4 Å². The first-order valence-corrected chi connectivity index (χ1v) is 3.97. The molecule has 1 rings (SSSR count). The fourth-order valence-electron chi connectivity index (χ4n) is 0.924. The Hall–Kier alpha value is -1.74. The highest BCUT2D eigenvalue weighted by molar-refractivity contribution is 6.67. The molecule has 0 atom stereocenters. The van der Waals surface area contributed by atoms with Gasteiger partial charge in [0.1, 0.15) is 11.8 Å². The number of aromatic hydroxyl groups is 1. The monoisotopic (exact) mass is 232 g/mol. The Kier molecular flexibility index (Phi) is 3.17. The van der Waals surface area contributed by atoms with E-state index in [-0.39, 0.29) is 0 Å². The summed E-state index contributed by atoms with van der Waals surface area (Å²) in [6, 6.07) is 2.04. The van der Waals surface area contributed by atoms with Crippen molar-refractivity contribution in [3.05, 3.63) is 23.0 Å².